The van der Waals surface area contributed by atoms with Crippen LogP contribution in [0, 0.1) is 7.14 Å². The topological polar surface area (TPSA) is 54.4 Å². The van der Waals surface area contributed by atoms with Crippen molar-refractivity contribution in [1.29, 1.82) is 0 Å². The summed E-state index contributed by atoms with van der Waals surface area (Å²) in [6.07, 6.45) is 0.715. The molecule has 0 aromatic heterocycles. The van der Waals surface area contributed by atoms with Crippen LogP contribution in [0.25, 0.3) is 0 Å². The molecular formula is C13H14IO3S-. The first-order valence-corrected chi connectivity index (χ1v) is 9.13. The third kappa shape index (κ3) is 8.21. The Balaban J connectivity index is 0.000000280. The van der Waals surface area contributed by atoms with Gasteiger partial charge in [-0.05, 0) is 0 Å². The maximum atomic E-state index is 9.19. The summed E-state index contributed by atoms with van der Waals surface area (Å²) in [6, 6.07) is 21.4. The van der Waals surface area contributed by atoms with Crippen LogP contribution in [0.5, 0.6) is 0 Å². The molecule has 0 radical (unpaired) electrons. The van der Waals surface area contributed by atoms with Crippen LogP contribution in [0.15, 0.2) is 60.7 Å². The van der Waals surface area contributed by atoms with Gasteiger partial charge >= 0.3 is 89.0 Å². The van der Waals surface area contributed by atoms with E-state index >= 15 is 0 Å². The summed E-state index contributed by atoms with van der Waals surface area (Å²) >= 11 is 0.0287. The summed E-state index contributed by atoms with van der Waals surface area (Å²) in [5.74, 6) is 0. The average molecular weight is 377 g/mol. The molecule has 0 bridgehead atoms. The third-order valence-electron chi connectivity index (χ3n) is 1.68. The van der Waals surface area contributed by atoms with E-state index in [1.807, 2.05) is 0 Å². The Morgan fingerprint density at radius 3 is 1.39 bits per heavy atom. The zero-order valence-electron chi connectivity index (χ0n) is 9.82. The Labute approximate surface area is 118 Å². The molecule has 0 aliphatic rings. The van der Waals surface area contributed by atoms with E-state index in [9.17, 15) is 8.42 Å². The first-order valence-electron chi connectivity index (χ1n) is 5.12. The van der Waals surface area contributed by atoms with Crippen molar-refractivity contribution in [3.05, 3.63) is 67.8 Å². The molecular weight excluding hydrogens is 363 g/mol. The van der Waals surface area contributed by atoms with Crippen LogP contribution in [-0.2, 0) is 10.1 Å². The van der Waals surface area contributed by atoms with Gasteiger partial charge in [-0.2, -0.15) is 8.42 Å². The molecule has 1 N–H and O–H groups in total. The first-order chi connectivity index (χ1) is 8.45. The van der Waals surface area contributed by atoms with Crippen LogP contribution in [-0.4, -0.2) is 19.2 Å². The van der Waals surface area contributed by atoms with E-state index in [0.29, 0.717) is 6.26 Å². The Morgan fingerprint density at radius 2 is 1.11 bits per heavy atom. The predicted molar refractivity (Wildman–Crippen MR) is 67.8 cm³/mol. The molecule has 2 aromatic rings. The SMILES string of the molecule is CS(=O)(=O)O.c1ccc([I-]c2ccccc2)cc1. The minimum absolute atomic E-state index is 0.0287. The van der Waals surface area contributed by atoms with Gasteiger partial charge in [-0.15, -0.1) is 0 Å². The first kappa shape index (κ1) is 15.1. The van der Waals surface area contributed by atoms with Crippen LogP contribution in [0.3, 0.4) is 0 Å². The number of hydrogen-bond acceptors (Lipinski definition) is 2. The van der Waals surface area contributed by atoms with Crippen LogP contribution in [0.1, 0.15) is 0 Å². The maximum absolute atomic E-state index is 9.19. The van der Waals surface area contributed by atoms with Gasteiger partial charge in [-0.25, -0.2) is 0 Å². The molecule has 0 aliphatic carbocycles. The Kier molecular flexibility index (Phi) is 6.31. The average Bonchev–Trinajstić information content (AvgIpc) is 2.29. The van der Waals surface area contributed by atoms with Crippen LogP contribution < -0.4 is 21.2 Å². The van der Waals surface area contributed by atoms with E-state index in [1.165, 1.54) is 7.14 Å². The van der Waals surface area contributed by atoms with E-state index in [2.05, 4.69) is 60.7 Å². The van der Waals surface area contributed by atoms with Gasteiger partial charge < -0.3 is 0 Å². The fourth-order valence-electron chi connectivity index (χ4n) is 1.08. The van der Waals surface area contributed by atoms with Crippen molar-refractivity contribution in [3.63, 3.8) is 0 Å². The molecule has 0 saturated heterocycles. The van der Waals surface area contributed by atoms with Crippen molar-refractivity contribution in [2.45, 2.75) is 0 Å². The molecule has 3 nitrogen and oxygen atoms in total. The van der Waals surface area contributed by atoms with E-state index in [1.54, 1.807) is 0 Å². The van der Waals surface area contributed by atoms with Crippen molar-refractivity contribution >= 4 is 10.1 Å². The van der Waals surface area contributed by atoms with Crippen LogP contribution in [0.4, 0.5) is 0 Å². The third-order valence-corrected chi connectivity index (χ3v) is 4.37. The second-order valence-electron chi connectivity index (χ2n) is 3.42. The molecule has 2 rings (SSSR count). The number of halogens is 1. The quantitative estimate of drug-likeness (QED) is 0.558. The van der Waals surface area contributed by atoms with Crippen molar-refractivity contribution < 1.29 is 34.2 Å². The van der Waals surface area contributed by atoms with Crippen LogP contribution >= 0.6 is 0 Å². The van der Waals surface area contributed by atoms with E-state index < -0.39 is 10.1 Å². The predicted octanol–water partition coefficient (Wildman–Crippen LogP) is -0.681. The molecule has 5 heteroatoms. The Hall–Kier alpha value is -0.920. The standard InChI is InChI=1S/C12H10I.CH4O3S/c1-3-7-11(8-4-1)13-12-9-5-2-6-10-12;1-5(2,3)4/h1-10H;1H3,(H,2,3,4)/q-1;. The molecule has 0 amide bonds. The summed E-state index contributed by atoms with van der Waals surface area (Å²) in [4.78, 5) is 0. The molecule has 0 fully saturated rings. The van der Waals surface area contributed by atoms with Gasteiger partial charge in [0.05, 0.1) is 6.26 Å². The van der Waals surface area contributed by atoms with Gasteiger partial charge in [0.2, 0.25) is 0 Å². The van der Waals surface area contributed by atoms with Gasteiger partial charge in [0.15, 0.2) is 0 Å². The second kappa shape index (κ2) is 7.50. The summed E-state index contributed by atoms with van der Waals surface area (Å²) in [6.45, 7) is 0. The monoisotopic (exact) mass is 377 g/mol. The van der Waals surface area contributed by atoms with Crippen molar-refractivity contribution in [3.8, 4) is 0 Å². The molecule has 0 atom stereocenters. The summed E-state index contributed by atoms with van der Waals surface area (Å²) in [7, 11) is -3.67. The molecule has 2 aromatic carbocycles. The molecule has 98 valence electrons. The van der Waals surface area contributed by atoms with Gasteiger partial charge in [-0.1, -0.05) is 0 Å². The van der Waals surface area contributed by atoms with Gasteiger partial charge in [0, 0.05) is 0 Å². The summed E-state index contributed by atoms with van der Waals surface area (Å²) in [5, 5.41) is 0. The zero-order chi connectivity index (χ0) is 13.4. The summed E-state index contributed by atoms with van der Waals surface area (Å²) < 4.78 is 28.8. The van der Waals surface area contributed by atoms with E-state index in [-0.39, 0.29) is 21.2 Å². The zero-order valence-corrected chi connectivity index (χ0v) is 12.8. The normalized spacial score (nSPS) is 10.6. The van der Waals surface area contributed by atoms with Crippen molar-refractivity contribution in [1.82, 2.24) is 0 Å². The molecule has 0 saturated carbocycles. The van der Waals surface area contributed by atoms with Crippen molar-refractivity contribution in [2.75, 3.05) is 6.26 Å². The van der Waals surface area contributed by atoms with E-state index in [0.717, 1.165) is 0 Å². The minimum atomic E-state index is -3.67. The van der Waals surface area contributed by atoms with E-state index in [4.69, 9.17) is 4.55 Å². The Morgan fingerprint density at radius 1 is 0.833 bits per heavy atom. The fourth-order valence-corrected chi connectivity index (χ4v) is 3.35. The Bertz CT molecular complexity index is 508. The molecule has 0 aliphatic heterocycles. The molecule has 0 spiro atoms. The van der Waals surface area contributed by atoms with Gasteiger partial charge in [0.1, 0.15) is 0 Å². The fraction of sp³-hybridized carbons (Fsp3) is 0.0769. The van der Waals surface area contributed by atoms with Crippen LogP contribution in [0.2, 0.25) is 0 Å². The number of rotatable bonds is 2. The molecule has 18 heavy (non-hydrogen) atoms. The second-order valence-corrected chi connectivity index (χ2v) is 7.92. The van der Waals surface area contributed by atoms with Gasteiger partial charge in [-0.3, -0.25) is 4.55 Å². The van der Waals surface area contributed by atoms with Crippen molar-refractivity contribution in [2.24, 2.45) is 0 Å². The number of hydrogen-bond donors (Lipinski definition) is 1. The van der Waals surface area contributed by atoms with Gasteiger partial charge in [0.25, 0.3) is 10.1 Å². The summed E-state index contributed by atoms with van der Waals surface area (Å²) in [5.41, 5.74) is 0. The molecule has 0 unspecified atom stereocenters. The molecule has 0 heterocycles. The number of benzene rings is 2.